The van der Waals surface area contributed by atoms with Gasteiger partial charge in [-0.3, -0.25) is 9.63 Å². The zero-order valence-corrected chi connectivity index (χ0v) is 18.5. The molecule has 0 unspecified atom stereocenters. The number of aromatic nitrogens is 5. The summed E-state index contributed by atoms with van der Waals surface area (Å²) >= 11 is 6.78. The Morgan fingerprint density at radius 1 is 1.21 bits per heavy atom. The van der Waals surface area contributed by atoms with Gasteiger partial charge < -0.3 is 5.32 Å². The van der Waals surface area contributed by atoms with Crippen molar-refractivity contribution >= 4 is 43.7 Å². The molecule has 2 heterocycles. The van der Waals surface area contributed by atoms with Crippen molar-refractivity contribution in [3.8, 4) is 5.95 Å². The lowest BCUT2D eigenvalue weighted by Crippen LogP contribution is -2.29. The van der Waals surface area contributed by atoms with Gasteiger partial charge in [0.15, 0.2) is 5.82 Å². The van der Waals surface area contributed by atoms with E-state index in [2.05, 4.69) is 57.2 Å². The van der Waals surface area contributed by atoms with Crippen molar-refractivity contribution in [2.24, 2.45) is 0 Å². The molecule has 9 nitrogen and oxygen atoms in total. The minimum Gasteiger partial charge on any atom is -0.342 e. The molecule has 1 atom stereocenters. The highest BCUT2D eigenvalue weighted by molar-refractivity contribution is 9.11. The molecule has 0 fully saturated rings. The Hall–Kier alpha value is -2.37. The van der Waals surface area contributed by atoms with Gasteiger partial charge in [-0.1, -0.05) is 31.9 Å². The minimum atomic E-state index is -0.472. The van der Waals surface area contributed by atoms with Crippen LogP contribution in [0.4, 0.5) is 5.95 Å². The maximum Gasteiger partial charge on any atom is 0.269 e. The normalized spacial score (nSPS) is 11.9. The molecule has 146 valence electrons. The standard InChI is InChI=1S/C17H17Br2N7O2/c1-10(22-15(27)11-7-12(18)9-13(19)8-11)14-23-17(25(2)28-3)24-26(14)16-20-5-4-6-21-16/h4-10H,1-3H3,(H,22,27)/t10-/m0/s1. The number of benzene rings is 1. The molecule has 1 aromatic carbocycles. The molecule has 0 saturated carbocycles. The molecule has 1 amide bonds. The van der Waals surface area contributed by atoms with Crippen molar-refractivity contribution in [3.63, 3.8) is 0 Å². The monoisotopic (exact) mass is 509 g/mol. The number of nitrogens with zero attached hydrogens (tertiary/aromatic N) is 6. The predicted octanol–water partition coefficient (Wildman–Crippen LogP) is 3.07. The van der Waals surface area contributed by atoms with Crippen LogP contribution in [0.5, 0.6) is 0 Å². The summed E-state index contributed by atoms with van der Waals surface area (Å²) in [4.78, 5) is 30.8. The second-order valence-electron chi connectivity index (χ2n) is 5.76. The molecular formula is C17H17Br2N7O2. The summed E-state index contributed by atoms with van der Waals surface area (Å²) in [5, 5.41) is 8.73. The molecule has 1 N–H and O–H groups in total. The van der Waals surface area contributed by atoms with Crippen molar-refractivity contribution in [2.45, 2.75) is 13.0 Å². The highest BCUT2D eigenvalue weighted by Gasteiger charge is 2.23. The van der Waals surface area contributed by atoms with Gasteiger partial charge in [-0.15, -0.1) is 5.10 Å². The van der Waals surface area contributed by atoms with Gasteiger partial charge in [-0.25, -0.2) is 15.0 Å². The lowest BCUT2D eigenvalue weighted by Gasteiger charge is -2.14. The molecule has 0 saturated heterocycles. The van der Waals surface area contributed by atoms with Crippen LogP contribution < -0.4 is 10.4 Å². The molecule has 0 spiro atoms. The summed E-state index contributed by atoms with van der Waals surface area (Å²) in [6.45, 7) is 1.81. The van der Waals surface area contributed by atoms with E-state index in [0.717, 1.165) is 8.95 Å². The third kappa shape index (κ3) is 4.54. The first-order valence-corrected chi connectivity index (χ1v) is 9.76. The Kier molecular flexibility index (Phi) is 6.37. The number of rotatable bonds is 6. The highest BCUT2D eigenvalue weighted by atomic mass is 79.9. The van der Waals surface area contributed by atoms with Gasteiger partial charge in [0.2, 0.25) is 0 Å². The van der Waals surface area contributed by atoms with Gasteiger partial charge in [-0.05, 0) is 31.2 Å². The van der Waals surface area contributed by atoms with Crippen LogP contribution in [0.2, 0.25) is 0 Å². The van der Waals surface area contributed by atoms with E-state index in [-0.39, 0.29) is 5.91 Å². The van der Waals surface area contributed by atoms with Crippen molar-refractivity contribution in [1.29, 1.82) is 0 Å². The Labute approximate surface area is 178 Å². The molecular weight excluding hydrogens is 494 g/mol. The van der Waals surface area contributed by atoms with E-state index in [4.69, 9.17) is 4.84 Å². The lowest BCUT2D eigenvalue weighted by atomic mass is 10.2. The first-order chi connectivity index (χ1) is 13.4. The van der Waals surface area contributed by atoms with Crippen LogP contribution in [0.1, 0.15) is 29.1 Å². The average molecular weight is 511 g/mol. The number of amides is 1. The first kappa shape index (κ1) is 20.4. The Morgan fingerprint density at radius 3 is 2.46 bits per heavy atom. The summed E-state index contributed by atoms with van der Waals surface area (Å²) in [5.41, 5.74) is 0.504. The first-order valence-electron chi connectivity index (χ1n) is 8.18. The largest absolute Gasteiger partial charge is 0.342 e. The van der Waals surface area contributed by atoms with Crippen LogP contribution in [-0.2, 0) is 4.84 Å². The van der Waals surface area contributed by atoms with E-state index < -0.39 is 6.04 Å². The fraction of sp³-hybridized carbons (Fsp3) is 0.235. The van der Waals surface area contributed by atoms with E-state index >= 15 is 0 Å². The SMILES string of the molecule is CON(C)c1nc([C@H](C)NC(=O)c2cc(Br)cc(Br)c2)n(-c2ncccn2)n1. The van der Waals surface area contributed by atoms with Crippen molar-refractivity contribution in [2.75, 3.05) is 19.2 Å². The van der Waals surface area contributed by atoms with Crippen LogP contribution in [0.3, 0.4) is 0 Å². The topological polar surface area (TPSA) is 98.1 Å². The average Bonchev–Trinajstić information content (AvgIpc) is 3.13. The zero-order valence-electron chi connectivity index (χ0n) is 15.3. The van der Waals surface area contributed by atoms with Gasteiger partial charge in [0.25, 0.3) is 17.8 Å². The molecule has 0 aliphatic heterocycles. The van der Waals surface area contributed by atoms with Crippen molar-refractivity contribution in [1.82, 2.24) is 30.0 Å². The molecule has 0 bridgehead atoms. The smallest absolute Gasteiger partial charge is 0.269 e. The molecule has 0 radical (unpaired) electrons. The van der Waals surface area contributed by atoms with Crippen LogP contribution in [0, 0.1) is 0 Å². The Morgan fingerprint density at radius 2 is 1.86 bits per heavy atom. The third-order valence-electron chi connectivity index (χ3n) is 3.78. The summed E-state index contributed by atoms with van der Waals surface area (Å²) in [5.74, 6) is 0.871. The number of carbonyl (C=O) groups excluding carboxylic acids is 1. The molecule has 0 aliphatic carbocycles. The summed E-state index contributed by atoms with van der Waals surface area (Å²) in [7, 11) is 3.19. The van der Waals surface area contributed by atoms with Crippen LogP contribution >= 0.6 is 31.9 Å². The van der Waals surface area contributed by atoms with Gasteiger partial charge in [-0.2, -0.15) is 9.67 Å². The molecule has 28 heavy (non-hydrogen) atoms. The van der Waals surface area contributed by atoms with E-state index in [1.807, 2.05) is 13.0 Å². The maximum atomic E-state index is 12.7. The van der Waals surface area contributed by atoms with E-state index in [1.165, 1.54) is 16.9 Å². The molecule has 3 rings (SSSR count). The van der Waals surface area contributed by atoms with Crippen LogP contribution in [0.15, 0.2) is 45.6 Å². The van der Waals surface area contributed by atoms with E-state index in [0.29, 0.717) is 23.3 Å². The highest BCUT2D eigenvalue weighted by Crippen LogP contribution is 2.22. The summed E-state index contributed by atoms with van der Waals surface area (Å²) < 4.78 is 3.07. The molecule has 3 aromatic rings. The van der Waals surface area contributed by atoms with Gasteiger partial charge in [0.05, 0.1) is 13.2 Å². The molecule has 2 aromatic heterocycles. The summed E-state index contributed by atoms with van der Waals surface area (Å²) in [6.07, 6.45) is 3.21. The predicted molar refractivity (Wildman–Crippen MR) is 110 cm³/mol. The van der Waals surface area contributed by atoms with Gasteiger partial charge in [0, 0.05) is 34.0 Å². The number of carbonyl (C=O) groups is 1. The lowest BCUT2D eigenvalue weighted by molar-refractivity contribution is 0.0937. The van der Waals surface area contributed by atoms with Crippen LogP contribution in [-0.4, -0.2) is 44.8 Å². The van der Waals surface area contributed by atoms with Crippen LogP contribution in [0.25, 0.3) is 5.95 Å². The van der Waals surface area contributed by atoms with E-state index in [9.17, 15) is 4.79 Å². The Balaban J connectivity index is 1.92. The number of hydroxylamine groups is 1. The summed E-state index contributed by atoms with van der Waals surface area (Å²) in [6, 6.07) is 6.57. The number of halogens is 2. The molecule has 11 heteroatoms. The van der Waals surface area contributed by atoms with Gasteiger partial charge in [0.1, 0.15) is 0 Å². The zero-order chi connectivity index (χ0) is 20.3. The number of nitrogens with one attached hydrogen (secondary N) is 1. The fourth-order valence-corrected chi connectivity index (χ4v) is 3.68. The Bertz CT molecular complexity index is 961. The van der Waals surface area contributed by atoms with Gasteiger partial charge >= 0.3 is 0 Å². The van der Waals surface area contributed by atoms with E-state index in [1.54, 1.807) is 37.6 Å². The second kappa shape index (κ2) is 8.76. The minimum absolute atomic E-state index is 0.250. The number of anilines is 1. The fourth-order valence-electron chi connectivity index (χ4n) is 2.39. The third-order valence-corrected chi connectivity index (χ3v) is 4.69. The molecule has 0 aliphatic rings. The number of hydrogen-bond donors (Lipinski definition) is 1. The quantitative estimate of drug-likeness (QED) is 0.509. The number of hydrogen-bond acceptors (Lipinski definition) is 7. The van der Waals surface area contributed by atoms with Crippen molar-refractivity contribution in [3.05, 3.63) is 57.0 Å². The maximum absolute atomic E-state index is 12.7. The van der Waals surface area contributed by atoms with Crippen molar-refractivity contribution < 1.29 is 9.63 Å². The second-order valence-corrected chi connectivity index (χ2v) is 7.60.